The number of halogens is 2. The van der Waals surface area contributed by atoms with E-state index in [-0.39, 0.29) is 0 Å². The molecular weight excluding hydrogens is 253 g/mol. The smallest absolute Gasteiger partial charge is 0.0453 e. The maximum atomic E-state index is 6.21. The Morgan fingerprint density at radius 2 is 1.76 bits per heavy atom. The SMILES string of the molecule is CCNC(Cc1c(Cl)cccc1Cl)C(C)CC. The number of likely N-dealkylation sites (N-methyl/N-ethyl adjacent to an activating group) is 1. The summed E-state index contributed by atoms with van der Waals surface area (Å²) in [7, 11) is 0. The van der Waals surface area contributed by atoms with Crippen LogP contribution >= 0.6 is 23.2 Å². The highest BCUT2D eigenvalue weighted by molar-refractivity contribution is 6.35. The maximum absolute atomic E-state index is 6.21. The average molecular weight is 274 g/mol. The number of nitrogens with one attached hydrogen (secondary N) is 1. The van der Waals surface area contributed by atoms with Crippen LogP contribution in [0, 0.1) is 5.92 Å². The largest absolute Gasteiger partial charge is 0.314 e. The lowest BCUT2D eigenvalue weighted by molar-refractivity contribution is 0.371. The van der Waals surface area contributed by atoms with Gasteiger partial charge in [0.25, 0.3) is 0 Å². The first-order valence-corrected chi connectivity index (χ1v) is 7.02. The molecule has 0 saturated carbocycles. The van der Waals surface area contributed by atoms with Gasteiger partial charge in [-0.15, -0.1) is 0 Å². The minimum Gasteiger partial charge on any atom is -0.314 e. The van der Waals surface area contributed by atoms with Crippen molar-refractivity contribution in [1.82, 2.24) is 5.32 Å². The lowest BCUT2D eigenvalue weighted by Gasteiger charge is -2.24. The molecule has 2 unspecified atom stereocenters. The third-order valence-corrected chi connectivity index (χ3v) is 3.99. The van der Waals surface area contributed by atoms with Crippen LogP contribution < -0.4 is 5.32 Å². The molecule has 0 heterocycles. The number of rotatable bonds is 6. The van der Waals surface area contributed by atoms with Crippen LogP contribution in [0.5, 0.6) is 0 Å². The van der Waals surface area contributed by atoms with Crippen LogP contribution in [-0.4, -0.2) is 12.6 Å². The summed E-state index contributed by atoms with van der Waals surface area (Å²) in [6.45, 7) is 7.57. The summed E-state index contributed by atoms with van der Waals surface area (Å²) in [4.78, 5) is 0. The van der Waals surface area contributed by atoms with Crippen molar-refractivity contribution >= 4 is 23.2 Å². The van der Waals surface area contributed by atoms with Crippen LogP contribution in [0.3, 0.4) is 0 Å². The van der Waals surface area contributed by atoms with E-state index in [2.05, 4.69) is 26.1 Å². The minimum absolute atomic E-state index is 0.433. The normalized spacial score (nSPS) is 14.6. The van der Waals surface area contributed by atoms with E-state index in [4.69, 9.17) is 23.2 Å². The Morgan fingerprint density at radius 1 is 1.18 bits per heavy atom. The molecule has 1 nitrogen and oxygen atoms in total. The minimum atomic E-state index is 0.433. The molecule has 96 valence electrons. The summed E-state index contributed by atoms with van der Waals surface area (Å²) < 4.78 is 0. The second kappa shape index (κ2) is 7.25. The number of hydrogen-bond donors (Lipinski definition) is 1. The van der Waals surface area contributed by atoms with E-state index < -0.39 is 0 Å². The van der Waals surface area contributed by atoms with Crippen LogP contribution in [0.4, 0.5) is 0 Å². The predicted octanol–water partition coefficient (Wildman–Crippen LogP) is 4.56. The van der Waals surface area contributed by atoms with Crippen LogP contribution in [0.1, 0.15) is 32.8 Å². The van der Waals surface area contributed by atoms with E-state index in [9.17, 15) is 0 Å². The van der Waals surface area contributed by atoms with Gasteiger partial charge >= 0.3 is 0 Å². The maximum Gasteiger partial charge on any atom is 0.0453 e. The molecule has 0 saturated heterocycles. The molecule has 0 radical (unpaired) electrons. The highest BCUT2D eigenvalue weighted by Gasteiger charge is 2.18. The third kappa shape index (κ3) is 4.17. The Kier molecular flexibility index (Phi) is 6.32. The highest BCUT2D eigenvalue weighted by atomic mass is 35.5. The second-order valence-corrected chi connectivity index (χ2v) is 5.27. The number of hydrogen-bond acceptors (Lipinski definition) is 1. The molecule has 17 heavy (non-hydrogen) atoms. The summed E-state index contributed by atoms with van der Waals surface area (Å²) in [5.74, 6) is 0.613. The molecule has 0 spiro atoms. The fourth-order valence-electron chi connectivity index (χ4n) is 1.97. The molecule has 3 heteroatoms. The molecule has 2 atom stereocenters. The molecule has 1 aromatic rings. The predicted molar refractivity (Wildman–Crippen MR) is 77.1 cm³/mol. The van der Waals surface area contributed by atoms with Gasteiger partial charge in [-0.25, -0.2) is 0 Å². The Bertz CT molecular complexity index is 332. The third-order valence-electron chi connectivity index (χ3n) is 3.28. The fraction of sp³-hybridized carbons (Fsp3) is 0.571. The topological polar surface area (TPSA) is 12.0 Å². The lowest BCUT2D eigenvalue weighted by atomic mass is 9.93. The van der Waals surface area contributed by atoms with Gasteiger partial charge in [0.15, 0.2) is 0 Å². The zero-order valence-electron chi connectivity index (χ0n) is 10.8. The zero-order valence-corrected chi connectivity index (χ0v) is 12.3. The van der Waals surface area contributed by atoms with Gasteiger partial charge in [0.05, 0.1) is 0 Å². The second-order valence-electron chi connectivity index (χ2n) is 4.45. The molecule has 0 aliphatic carbocycles. The van der Waals surface area contributed by atoms with Gasteiger partial charge in [-0.1, -0.05) is 56.5 Å². The zero-order chi connectivity index (χ0) is 12.8. The molecule has 0 aliphatic rings. The van der Waals surface area contributed by atoms with Crippen LogP contribution in [0.15, 0.2) is 18.2 Å². The van der Waals surface area contributed by atoms with Crippen molar-refractivity contribution in [3.8, 4) is 0 Å². The number of benzene rings is 1. The van der Waals surface area contributed by atoms with Crippen LogP contribution in [0.2, 0.25) is 10.0 Å². The molecular formula is C14H21Cl2N. The summed E-state index contributed by atoms with van der Waals surface area (Å²) in [5.41, 5.74) is 1.06. The van der Waals surface area contributed by atoms with Gasteiger partial charge in [-0.2, -0.15) is 0 Å². The van der Waals surface area contributed by atoms with Crippen molar-refractivity contribution in [2.75, 3.05) is 6.54 Å². The molecule has 0 aromatic heterocycles. The van der Waals surface area contributed by atoms with Crippen LogP contribution in [0.25, 0.3) is 0 Å². The van der Waals surface area contributed by atoms with Gasteiger partial charge in [-0.3, -0.25) is 0 Å². The van der Waals surface area contributed by atoms with Crippen molar-refractivity contribution in [3.63, 3.8) is 0 Å². The summed E-state index contributed by atoms with van der Waals surface area (Å²) >= 11 is 12.4. The summed E-state index contributed by atoms with van der Waals surface area (Å²) in [6, 6.07) is 6.13. The molecule has 1 rings (SSSR count). The first kappa shape index (κ1) is 14.8. The molecule has 0 aliphatic heterocycles. The molecule has 0 fully saturated rings. The summed E-state index contributed by atoms with van der Waals surface area (Å²) in [6.07, 6.45) is 2.04. The highest BCUT2D eigenvalue weighted by Crippen LogP contribution is 2.27. The monoisotopic (exact) mass is 273 g/mol. The van der Waals surface area contributed by atoms with Gasteiger partial charge in [0, 0.05) is 16.1 Å². The van der Waals surface area contributed by atoms with Crippen LogP contribution in [-0.2, 0) is 6.42 Å². The van der Waals surface area contributed by atoms with E-state index in [1.165, 1.54) is 0 Å². The van der Waals surface area contributed by atoms with Crippen molar-refractivity contribution in [2.24, 2.45) is 5.92 Å². The standard InChI is InChI=1S/C14H21Cl2N/c1-4-10(3)14(17-5-2)9-11-12(15)7-6-8-13(11)16/h6-8,10,14,17H,4-5,9H2,1-3H3. The van der Waals surface area contributed by atoms with Gasteiger partial charge in [0.1, 0.15) is 0 Å². The molecule has 1 N–H and O–H groups in total. The van der Waals surface area contributed by atoms with E-state index in [1.54, 1.807) is 0 Å². The summed E-state index contributed by atoms with van der Waals surface area (Å²) in [5, 5.41) is 5.05. The van der Waals surface area contributed by atoms with E-state index in [0.717, 1.165) is 35.0 Å². The van der Waals surface area contributed by atoms with Crippen molar-refractivity contribution < 1.29 is 0 Å². The Labute approximate surface area is 115 Å². The average Bonchev–Trinajstić information content (AvgIpc) is 2.31. The van der Waals surface area contributed by atoms with Gasteiger partial charge in [-0.05, 0) is 36.6 Å². The molecule has 0 amide bonds. The van der Waals surface area contributed by atoms with Crippen molar-refractivity contribution in [1.29, 1.82) is 0 Å². The van der Waals surface area contributed by atoms with Crippen molar-refractivity contribution in [3.05, 3.63) is 33.8 Å². The quantitative estimate of drug-likeness (QED) is 0.801. The molecule has 1 aromatic carbocycles. The Balaban J connectivity index is 2.85. The van der Waals surface area contributed by atoms with Gasteiger partial charge in [0.2, 0.25) is 0 Å². The van der Waals surface area contributed by atoms with E-state index >= 15 is 0 Å². The van der Waals surface area contributed by atoms with Crippen molar-refractivity contribution in [2.45, 2.75) is 39.7 Å². The fourth-order valence-corrected chi connectivity index (χ4v) is 2.52. The van der Waals surface area contributed by atoms with E-state index in [1.807, 2.05) is 18.2 Å². The molecule has 0 bridgehead atoms. The van der Waals surface area contributed by atoms with E-state index in [0.29, 0.717) is 12.0 Å². The Morgan fingerprint density at radius 3 is 2.24 bits per heavy atom. The first-order valence-electron chi connectivity index (χ1n) is 6.26. The first-order chi connectivity index (χ1) is 8.10. The lowest BCUT2D eigenvalue weighted by Crippen LogP contribution is -2.36. The van der Waals surface area contributed by atoms with Gasteiger partial charge < -0.3 is 5.32 Å². The Hall–Kier alpha value is -0.240.